The topological polar surface area (TPSA) is 187 Å². The third-order valence-corrected chi connectivity index (χ3v) is 2.45. The van der Waals surface area contributed by atoms with Gasteiger partial charge in [-0.2, -0.15) is 8.42 Å². The summed E-state index contributed by atoms with van der Waals surface area (Å²) in [6.07, 6.45) is 1.27. The molecule has 0 unspecified atom stereocenters. The summed E-state index contributed by atoms with van der Waals surface area (Å²) in [5, 5.41) is 0.641. The van der Waals surface area contributed by atoms with E-state index in [-0.39, 0.29) is 80.9 Å². The average molecular weight is 438 g/mol. The molecule has 0 spiro atoms. The summed E-state index contributed by atoms with van der Waals surface area (Å²) in [6, 6.07) is 8.75. The van der Waals surface area contributed by atoms with E-state index < -0.39 is 30.9 Å². The van der Waals surface area contributed by atoms with Crippen LogP contribution in [-0.4, -0.2) is 38.9 Å². The van der Waals surface area contributed by atoms with Crippen molar-refractivity contribution in [1.82, 2.24) is 0 Å². The van der Waals surface area contributed by atoms with E-state index in [0.717, 1.165) is 0 Å². The SMILES string of the molecule is O=S(=O)([O-])C=Cc1ccccc1.O=S(=O)([O-])OOS(=O)(=O)O.[K+].[Na+]. The van der Waals surface area contributed by atoms with Crippen molar-refractivity contribution >= 4 is 37.0 Å². The molecule has 0 bridgehead atoms. The molecule has 126 valence electrons. The minimum atomic E-state index is -5.27. The minimum absolute atomic E-state index is 0. The van der Waals surface area contributed by atoms with E-state index >= 15 is 0 Å². The Balaban J connectivity index is -0.000000345. The Morgan fingerprint density at radius 2 is 1.38 bits per heavy atom. The van der Waals surface area contributed by atoms with Gasteiger partial charge >= 0.3 is 91.3 Å². The van der Waals surface area contributed by atoms with Gasteiger partial charge in [0.2, 0.25) is 10.4 Å². The second-order valence-electron chi connectivity index (χ2n) is 3.18. The van der Waals surface area contributed by atoms with E-state index in [1.54, 1.807) is 24.3 Å². The normalized spacial score (nSPS) is 11.6. The summed E-state index contributed by atoms with van der Waals surface area (Å²) in [6.45, 7) is 0. The fraction of sp³-hybridized carbons (Fsp3) is 0. The van der Waals surface area contributed by atoms with Crippen LogP contribution in [0.4, 0.5) is 0 Å². The Labute approximate surface area is 203 Å². The third kappa shape index (κ3) is 23.2. The number of hydrogen-bond donors (Lipinski definition) is 1. The van der Waals surface area contributed by atoms with Crippen molar-refractivity contribution in [1.29, 1.82) is 0 Å². The van der Waals surface area contributed by atoms with E-state index in [2.05, 4.69) is 8.67 Å². The zero-order valence-electron chi connectivity index (χ0n) is 12.3. The molecule has 0 radical (unpaired) electrons. The monoisotopic (exact) mass is 438 g/mol. The van der Waals surface area contributed by atoms with Crippen molar-refractivity contribution in [3.63, 3.8) is 0 Å². The first-order valence-corrected chi connectivity index (χ1v) is 8.95. The van der Waals surface area contributed by atoms with Gasteiger partial charge in [-0.1, -0.05) is 39.0 Å². The van der Waals surface area contributed by atoms with Crippen molar-refractivity contribution in [2.24, 2.45) is 0 Å². The van der Waals surface area contributed by atoms with Crippen molar-refractivity contribution < 1.29 is 129 Å². The van der Waals surface area contributed by atoms with Crippen LogP contribution in [0.2, 0.25) is 0 Å². The first-order valence-electron chi connectivity index (χ1n) is 4.78. The molecule has 1 N–H and O–H groups in total. The predicted octanol–water partition coefficient (Wildman–Crippen LogP) is -6.59. The molecule has 1 aromatic carbocycles. The minimum Gasteiger partial charge on any atom is -0.744 e. The van der Waals surface area contributed by atoms with Gasteiger partial charge in [-0.3, -0.25) is 4.55 Å². The van der Waals surface area contributed by atoms with E-state index in [0.29, 0.717) is 11.0 Å². The van der Waals surface area contributed by atoms with E-state index in [9.17, 15) is 34.4 Å². The average Bonchev–Trinajstić information content (AvgIpc) is 2.34. The molecule has 0 amide bonds. The number of benzene rings is 1. The molecule has 0 aliphatic carbocycles. The van der Waals surface area contributed by atoms with Gasteiger partial charge in [0.15, 0.2) is 0 Å². The first-order chi connectivity index (χ1) is 9.79. The summed E-state index contributed by atoms with van der Waals surface area (Å²) >= 11 is 0. The van der Waals surface area contributed by atoms with Crippen LogP contribution in [0.1, 0.15) is 5.56 Å². The Hall–Kier alpha value is 1.25. The van der Waals surface area contributed by atoms with Gasteiger partial charge in [0, 0.05) is 5.41 Å². The Bertz CT molecular complexity index is 770. The molecule has 1 aromatic rings. The maximum atomic E-state index is 10.2. The van der Waals surface area contributed by atoms with Crippen molar-refractivity contribution in [2.75, 3.05) is 0 Å². The molecule has 0 aliphatic rings. The molecule has 0 aliphatic heterocycles. The number of hydrogen-bond acceptors (Lipinski definition) is 10. The molecule has 0 atom stereocenters. The molecule has 24 heavy (non-hydrogen) atoms. The van der Waals surface area contributed by atoms with Crippen LogP contribution >= 0.6 is 0 Å². The van der Waals surface area contributed by atoms with Gasteiger partial charge in [-0.05, 0) is 11.6 Å². The van der Waals surface area contributed by atoms with E-state index in [1.807, 2.05) is 6.07 Å². The zero-order chi connectivity index (χ0) is 17.4. The van der Waals surface area contributed by atoms with Crippen molar-refractivity contribution in [3.8, 4) is 0 Å². The third-order valence-electron chi connectivity index (χ3n) is 1.42. The second-order valence-corrected chi connectivity index (χ2v) is 6.38. The summed E-state index contributed by atoms with van der Waals surface area (Å²) in [4.78, 5) is 0. The molecule has 0 saturated carbocycles. The van der Waals surface area contributed by atoms with Crippen molar-refractivity contribution in [3.05, 3.63) is 41.3 Å². The van der Waals surface area contributed by atoms with Gasteiger partial charge in [-0.25, -0.2) is 16.8 Å². The molecule has 0 aromatic heterocycles. The molecule has 0 fully saturated rings. The largest absolute Gasteiger partial charge is 1.00 e. The molecule has 11 nitrogen and oxygen atoms in total. The maximum Gasteiger partial charge on any atom is 1.00 e. The molecular weight excluding hydrogens is 430 g/mol. The van der Waals surface area contributed by atoms with Crippen molar-refractivity contribution in [2.45, 2.75) is 0 Å². The summed E-state index contributed by atoms with van der Waals surface area (Å²) in [5.74, 6) is 0. The van der Waals surface area contributed by atoms with Gasteiger partial charge in [0.05, 0.1) is 0 Å². The van der Waals surface area contributed by atoms with Crippen LogP contribution in [0.15, 0.2) is 35.7 Å². The molecule has 0 heterocycles. The van der Waals surface area contributed by atoms with E-state index in [4.69, 9.17) is 4.55 Å². The Morgan fingerprint density at radius 1 is 0.917 bits per heavy atom. The summed E-state index contributed by atoms with van der Waals surface area (Å²) < 4.78 is 90.6. The number of rotatable bonds is 5. The standard InChI is InChI=1S/C8H8O3S.K.Na.H2O8S2/c9-12(10,11)7-6-8-4-2-1-3-5-8;;;1-9(2,3)7-8-10(4,5)6/h1-7H,(H,9,10,11);;;(H,1,2,3)(H,4,5,6)/q;2*+1;/p-2. The summed E-state index contributed by atoms with van der Waals surface area (Å²) in [5.41, 5.74) is 0.692. The fourth-order valence-corrected chi connectivity index (χ4v) is 1.67. The van der Waals surface area contributed by atoms with Crippen LogP contribution in [0, 0.1) is 0 Å². The quantitative estimate of drug-likeness (QED) is 0.151. The molecule has 16 heteroatoms. The molecule has 1 rings (SSSR count). The smallest absolute Gasteiger partial charge is 0.744 e. The first kappa shape index (κ1) is 30.0. The Morgan fingerprint density at radius 3 is 1.67 bits per heavy atom. The van der Waals surface area contributed by atoms with Crippen LogP contribution in [0.25, 0.3) is 6.08 Å². The van der Waals surface area contributed by atoms with Gasteiger partial charge in [-0.15, -0.1) is 0 Å². The summed E-state index contributed by atoms with van der Waals surface area (Å²) in [7, 11) is -14.6. The molecular formula is C8H8KNaO11S3. The maximum absolute atomic E-state index is 10.2. The van der Waals surface area contributed by atoms with Gasteiger partial charge in [0.1, 0.15) is 10.1 Å². The van der Waals surface area contributed by atoms with Crippen LogP contribution in [-0.2, 0) is 39.6 Å². The van der Waals surface area contributed by atoms with Crippen LogP contribution in [0.5, 0.6) is 0 Å². The predicted molar refractivity (Wildman–Crippen MR) is 68.6 cm³/mol. The van der Waals surface area contributed by atoms with E-state index in [1.165, 1.54) is 6.08 Å². The fourth-order valence-electron chi connectivity index (χ4n) is 0.795. The second kappa shape index (κ2) is 13.4. The van der Waals surface area contributed by atoms with Gasteiger partial charge < -0.3 is 9.11 Å². The van der Waals surface area contributed by atoms with Crippen LogP contribution in [0.3, 0.4) is 0 Å². The molecule has 0 saturated heterocycles. The van der Waals surface area contributed by atoms with Gasteiger partial charge in [0.25, 0.3) is 0 Å². The zero-order valence-corrected chi connectivity index (χ0v) is 19.9. The Kier molecular flexibility index (Phi) is 16.8. The van der Waals surface area contributed by atoms with Crippen LogP contribution < -0.4 is 80.9 Å².